The van der Waals surface area contributed by atoms with Gasteiger partial charge in [0, 0.05) is 6.42 Å². The van der Waals surface area contributed by atoms with Crippen LogP contribution >= 0.6 is 15.9 Å². The maximum absolute atomic E-state index is 10.6. The zero-order valence-corrected chi connectivity index (χ0v) is 12.1. The molecule has 1 rings (SSSR count). The lowest BCUT2D eigenvalue weighted by Gasteiger charge is -2.19. The molecule has 0 aliphatic rings. The van der Waals surface area contributed by atoms with Crippen LogP contribution in [-0.2, 0) is 4.79 Å². The molecule has 0 heterocycles. The monoisotopic (exact) mass is 300 g/mol. The SMILES string of the molecule is COc1cc(C)c(C(C)CC=O)c(Br)c1OC. The van der Waals surface area contributed by atoms with E-state index in [2.05, 4.69) is 15.9 Å². The number of hydrogen-bond acceptors (Lipinski definition) is 3. The molecular formula is C13H17BrO3. The van der Waals surface area contributed by atoms with E-state index in [0.29, 0.717) is 17.9 Å². The molecule has 0 aliphatic carbocycles. The second kappa shape index (κ2) is 6.05. The zero-order valence-electron chi connectivity index (χ0n) is 10.5. The molecule has 4 heteroatoms. The first kappa shape index (κ1) is 14.0. The molecule has 0 saturated heterocycles. The summed E-state index contributed by atoms with van der Waals surface area (Å²) in [6.45, 7) is 4.02. The molecule has 0 radical (unpaired) electrons. The predicted octanol–water partition coefficient (Wildman–Crippen LogP) is 3.47. The quantitative estimate of drug-likeness (QED) is 0.781. The van der Waals surface area contributed by atoms with Crippen molar-refractivity contribution in [3.8, 4) is 11.5 Å². The number of aldehydes is 1. The largest absolute Gasteiger partial charge is 0.493 e. The van der Waals surface area contributed by atoms with Gasteiger partial charge in [0.15, 0.2) is 11.5 Å². The standard InChI is InChI=1S/C13H17BrO3/c1-8(5-6-15)11-9(2)7-10(16-3)13(17-4)12(11)14/h6-8H,5H2,1-4H3. The molecule has 0 fully saturated rings. The Kier molecular flexibility index (Phi) is 5.00. The van der Waals surface area contributed by atoms with Crippen LogP contribution in [0.4, 0.5) is 0 Å². The summed E-state index contributed by atoms with van der Waals surface area (Å²) >= 11 is 3.53. The second-order valence-electron chi connectivity index (χ2n) is 3.96. The Morgan fingerprint density at radius 2 is 2.06 bits per heavy atom. The molecule has 0 N–H and O–H groups in total. The number of carbonyl (C=O) groups excluding carboxylic acids is 1. The van der Waals surface area contributed by atoms with E-state index in [9.17, 15) is 4.79 Å². The summed E-state index contributed by atoms with van der Waals surface area (Å²) in [5.74, 6) is 1.52. The minimum Gasteiger partial charge on any atom is -0.493 e. The third-order valence-electron chi connectivity index (χ3n) is 2.80. The molecule has 1 atom stereocenters. The predicted molar refractivity (Wildman–Crippen MR) is 71.1 cm³/mol. The highest BCUT2D eigenvalue weighted by atomic mass is 79.9. The first-order valence-corrected chi connectivity index (χ1v) is 6.20. The Morgan fingerprint density at radius 1 is 1.41 bits per heavy atom. The van der Waals surface area contributed by atoms with Crippen LogP contribution in [0.3, 0.4) is 0 Å². The van der Waals surface area contributed by atoms with E-state index in [1.807, 2.05) is 19.9 Å². The van der Waals surface area contributed by atoms with Gasteiger partial charge in [-0.3, -0.25) is 0 Å². The maximum Gasteiger partial charge on any atom is 0.175 e. The summed E-state index contributed by atoms with van der Waals surface area (Å²) in [6.07, 6.45) is 1.43. The van der Waals surface area contributed by atoms with Crippen molar-refractivity contribution in [1.82, 2.24) is 0 Å². The van der Waals surface area contributed by atoms with Gasteiger partial charge in [0.1, 0.15) is 6.29 Å². The molecule has 1 unspecified atom stereocenters. The van der Waals surface area contributed by atoms with E-state index >= 15 is 0 Å². The number of methoxy groups -OCH3 is 2. The van der Waals surface area contributed by atoms with Crippen LogP contribution < -0.4 is 9.47 Å². The van der Waals surface area contributed by atoms with Crippen LogP contribution in [0.2, 0.25) is 0 Å². The van der Waals surface area contributed by atoms with Gasteiger partial charge in [-0.1, -0.05) is 6.92 Å². The fourth-order valence-electron chi connectivity index (χ4n) is 1.95. The van der Waals surface area contributed by atoms with Crippen molar-refractivity contribution in [3.63, 3.8) is 0 Å². The van der Waals surface area contributed by atoms with E-state index in [4.69, 9.17) is 9.47 Å². The number of aryl methyl sites for hydroxylation is 1. The maximum atomic E-state index is 10.6. The normalized spacial score (nSPS) is 12.1. The highest BCUT2D eigenvalue weighted by Crippen LogP contribution is 2.42. The average Bonchev–Trinajstić information content (AvgIpc) is 2.28. The summed E-state index contributed by atoms with van der Waals surface area (Å²) < 4.78 is 11.5. The molecule has 0 spiro atoms. The van der Waals surface area contributed by atoms with Crippen LogP contribution in [-0.4, -0.2) is 20.5 Å². The van der Waals surface area contributed by atoms with Gasteiger partial charge >= 0.3 is 0 Å². The zero-order chi connectivity index (χ0) is 13.0. The van der Waals surface area contributed by atoms with E-state index in [1.165, 1.54) is 0 Å². The molecule has 17 heavy (non-hydrogen) atoms. The molecule has 0 aromatic heterocycles. The lowest BCUT2D eigenvalue weighted by molar-refractivity contribution is -0.108. The minimum absolute atomic E-state index is 0.154. The first-order valence-electron chi connectivity index (χ1n) is 5.41. The summed E-state index contributed by atoms with van der Waals surface area (Å²) in [4.78, 5) is 10.6. The van der Waals surface area contributed by atoms with Gasteiger partial charge in [-0.15, -0.1) is 0 Å². The van der Waals surface area contributed by atoms with Crippen molar-refractivity contribution < 1.29 is 14.3 Å². The number of benzene rings is 1. The van der Waals surface area contributed by atoms with E-state index in [-0.39, 0.29) is 5.92 Å². The molecule has 3 nitrogen and oxygen atoms in total. The molecule has 0 bridgehead atoms. The third kappa shape index (κ3) is 2.80. The van der Waals surface area contributed by atoms with Gasteiger partial charge in [0.05, 0.1) is 18.7 Å². The number of halogens is 1. The van der Waals surface area contributed by atoms with E-state index in [1.54, 1.807) is 14.2 Å². The summed E-state index contributed by atoms with van der Waals surface area (Å²) in [5.41, 5.74) is 2.18. The number of ether oxygens (including phenoxy) is 2. The van der Waals surface area contributed by atoms with Crippen LogP contribution in [0.1, 0.15) is 30.4 Å². The van der Waals surface area contributed by atoms with Crippen molar-refractivity contribution in [2.45, 2.75) is 26.2 Å². The minimum atomic E-state index is 0.154. The van der Waals surface area contributed by atoms with Crippen LogP contribution in [0.15, 0.2) is 10.5 Å². The number of hydrogen-bond donors (Lipinski definition) is 0. The number of carbonyl (C=O) groups is 1. The Morgan fingerprint density at radius 3 is 2.53 bits per heavy atom. The Bertz CT molecular complexity index is 416. The van der Waals surface area contributed by atoms with Crippen LogP contribution in [0.25, 0.3) is 0 Å². The Balaban J connectivity index is 3.35. The van der Waals surface area contributed by atoms with Crippen molar-refractivity contribution >= 4 is 22.2 Å². The van der Waals surface area contributed by atoms with Gasteiger partial charge in [0.2, 0.25) is 0 Å². The van der Waals surface area contributed by atoms with Crippen molar-refractivity contribution in [1.29, 1.82) is 0 Å². The van der Waals surface area contributed by atoms with Crippen LogP contribution in [0, 0.1) is 6.92 Å². The van der Waals surface area contributed by atoms with Crippen molar-refractivity contribution in [2.75, 3.05) is 14.2 Å². The highest BCUT2D eigenvalue weighted by molar-refractivity contribution is 9.10. The molecule has 0 saturated carbocycles. The molecule has 94 valence electrons. The van der Waals surface area contributed by atoms with Gasteiger partial charge in [0.25, 0.3) is 0 Å². The fraction of sp³-hybridized carbons (Fsp3) is 0.462. The summed E-state index contributed by atoms with van der Waals surface area (Å²) in [6, 6.07) is 1.93. The van der Waals surface area contributed by atoms with Crippen molar-refractivity contribution in [2.24, 2.45) is 0 Å². The van der Waals surface area contributed by atoms with Gasteiger partial charge in [-0.25, -0.2) is 0 Å². The first-order chi connectivity index (χ1) is 8.06. The van der Waals surface area contributed by atoms with E-state index < -0.39 is 0 Å². The topological polar surface area (TPSA) is 35.5 Å². The smallest absolute Gasteiger partial charge is 0.175 e. The lowest BCUT2D eigenvalue weighted by Crippen LogP contribution is -2.02. The number of rotatable bonds is 5. The second-order valence-corrected chi connectivity index (χ2v) is 4.75. The molecule has 1 aromatic rings. The van der Waals surface area contributed by atoms with Gasteiger partial charge in [-0.05, 0) is 46.0 Å². The fourth-order valence-corrected chi connectivity index (χ4v) is 3.01. The Hall–Kier alpha value is -1.03. The molecule has 1 aromatic carbocycles. The molecule has 0 aliphatic heterocycles. The van der Waals surface area contributed by atoms with Gasteiger partial charge in [-0.2, -0.15) is 0 Å². The van der Waals surface area contributed by atoms with Crippen molar-refractivity contribution in [3.05, 3.63) is 21.7 Å². The highest BCUT2D eigenvalue weighted by Gasteiger charge is 2.19. The Labute approximate surface area is 110 Å². The van der Waals surface area contributed by atoms with Gasteiger partial charge < -0.3 is 14.3 Å². The van der Waals surface area contributed by atoms with E-state index in [0.717, 1.165) is 21.9 Å². The lowest BCUT2D eigenvalue weighted by atomic mass is 9.93. The summed E-state index contributed by atoms with van der Waals surface area (Å²) in [7, 11) is 3.21. The summed E-state index contributed by atoms with van der Waals surface area (Å²) in [5, 5.41) is 0. The molecular weight excluding hydrogens is 284 g/mol. The molecule has 0 amide bonds. The average molecular weight is 301 g/mol. The van der Waals surface area contributed by atoms with Crippen LogP contribution in [0.5, 0.6) is 11.5 Å². The third-order valence-corrected chi connectivity index (χ3v) is 3.59.